The van der Waals surface area contributed by atoms with E-state index in [2.05, 4.69) is 5.32 Å². The van der Waals surface area contributed by atoms with Crippen molar-refractivity contribution >= 4 is 29.3 Å². The molecule has 130 valence electrons. The predicted molar refractivity (Wildman–Crippen MR) is 99.5 cm³/mol. The maximum atomic E-state index is 12.4. The fourth-order valence-corrected chi connectivity index (χ4v) is 4.04. The summed E-state index contributed by atoms with van der Waals surface area (Å²) >= 11 is 1.61. The molecule has 5 nitrogen and oxygen atoms in total. The number of nitrogens with one attached hydrogen (secondary N) is 1. The number of anilines is 1. The van der Waals surface area contributed by atoms with Crippen LogP contribution in [0.15, 0.2) is 48.5 Å². The van der Waals surface area contributed by atoms with Gasteiger partial charge in [0.2, 0.25) is 11.8 Å². The zero-order valence-electron chi connectivity index (χ0n) is 14.2. The molecule has 1 aliphatic heterocycles. The Morgan fingerprint density at radius 1 is 1.24 bits per heavy atom. The van der Waals surface area contributed by atoms with Crippen molar-refractivity contribution in [3.63, 3.8) is 0 Å². The van der Waals surface area contributed by atoms with Crippen LogP contribution in [0.5, 0.6) is 5.75 Å². The highest BCUT2D eigenvalue weighted by Gasteiger charge is 2.33. The number of rotatable bonds is 5. The summed E-state index contributed by atoms with van der Waals surface area (Å²) in [5, 5.41) is 2.72. The van der Waals surface area contributed by atoms with Gasteiger partial charge >= 0.3 is 0 Å². The lowest BCUT2D eigenvalue weighted by Gasteiger charge is -2.25. The number of hydrogen-bond acceptors (Lipinski definition) is 4. The molecule has 0 bridgehead atoms. The number of carbonyl (C=O) groups excluding carboxylic acids is 2. The van der Waals surface area contributed by atoms with Gasteiger partial charge in [0.25, 0.3) is 0 Å². The highest BCUT2D eigenvalue weighted by atomic mass is 32.2. The topological polar surface area (TPSA) is 58.6 Å². The smallest absolute Gasteiger partial charge is 0.234 e. The van der Waals surface area contributed by atoms with Crippen molar-refractivity contribution in [2.75, 3.05) is 18.2 Å². The first-order chi connectivity index (χ1) is 12.1. The highest BCUT2D eigenvalue weighted by Crippen LogP contribution is 2.40. The van der Waals surface area contributed by atoms with Gasteiger partial charge in [-0.1, -0.05) is 30.3 Å². The molecule has 2 amide bonds. The largest absolute Gasteiger partial charge is 0.496 e. The lowest BCUT2D eigenvalue weighted by Crippen LogP contribution is -2.27. The van der Waals surface area contributed by atoms with E-state index >= 15 is 0 Å². The number of amides is 2. The van der Waals surface area contributed by atoms with Crippen LogP contribution in [-0.4, -0.2) is 29.6 Å². The summed E-state index contributed by atoms with van der Waals surface area (Å²) in [5.41, 5.74) is 2.78. The Balaban J connectivity index is 1.81. The number of ether oxygens (including phenoxy) is 1. The molecule has 1 atom stereocenters. The Bertz CT molecular complexity index is 776. The second-order valence-electron chi connectivity index (χ2n) is 5.80. The fourth-order valence-electron chi connectivity index (χ4n) is 2.85. The Morgan fingerprint density at radius 3 is 2.64 bits per heavy atom. The fraction of sp³-hybridized carbons (Fsp3) is 0.263. The molecule has 2 aromatic carbocycles. The number of carbonyl (C=O) groups is 2. The van der Waals surface area contributed by atoms with Crippen molar-refractivity contribution in [2.24, 2.45) is 0 Å². The van der Waals surface area contributed by atoms with Gasteiger partial charge in [-0.25, -0.2) is 0 Å². The number of benzene rings is 2. The van der Waals surface area contributed by atoms with Crippen molar-refractivity contribution in [3.8, 4) is 5.75 Å². The summed E-state index contributed by atoms with van der Waals surface area (Å²) in [5.74, 6) is 1.27. The summed E-state index contributed by atoms with van der Waals surface area (Å²) in [6.07, 6.45) is 0. The van der Waals surface area contributed by atoms with E-state index in [4.69, 9.17) is 4.74 Å². The minimum Gasteiger partial charge on any atom is -0.496 e. The van der Waals surface area contributed by atoms with Crippen molar-refractivity contribution in [2.45, 2.75) is 18.8 Å². The number of methoxy groups -OCH3 is 1. The van der Waals surface area contributed by atoms with E-state index < -0.39 is 0 Å². The van der Waals surface area contributed by atoms with Crippen molar-refractivity contribution in [1.29, 1.82) is 0 Å². The third kappa shape index (κ3) is 3.96. The average molecular weight is 356 g/mol. The molecular formula is C19H20N2O3S. The maximum absolute atomic E-state index is 12.4. The third-order valence-electron chi connectivity index (χ3n) is 4.02. The standard InChI is InChI=1S/C19H20N2O3S/c1-13(22)20-16-9-7-14(8-10-16)19-21(18(23)12-25-19)11-15-5-3-4-6-17(15)24-2/h3-10,19H,11-12H2,1-2H3,(H,20,22). The van der Waals surface area contributed by atoms with Gasteiger partial charge in [0.1, 0.15) is 11.1 Å². The normalized spacial score (nSPS) is 16.8. The molecular weight excluding hydrogens is 336 g/mol. The van der Waals surface area contributed by atoms with Gasteiger partial charge in [0, 0.05) is 18.2 Å². The zero-order chi connectivity index (χ0) is 17.8. The first-order valence-corrected chi connectivity index (χ1v) is 9.04. The molecule has 1 fully saturated rings. The predicted octanol–water partition coefficient (Wildman–Crippen LogP) is 3.43. The molecule has 3 rings (SSSR count). The molecule has 2 aromatic rings. The summed E-state index contributed by atoms with van der Waals surface area (Å²) in [6.45, 7) is 1.99. The summed E-state index contributed by atoms with van der Waals surface area (Å²) in [7, 11) is 1.64. The van der Waals surface area contributed by atoms with E-state index in [9.17, 15) is 9.59 Å². The minimum atomic E-state index is -0.101. The molecule has 0 saturated carbocycles. The van der Waals surface area contributed by atoms with Crippen LogP contribution in [0.3, 0.4) is 0 Å². The van der Waals surface area contributed by atoms with Crippen LogP contribution >= 0.6 is 11.8 Å². The summed E-state index contributed by atoms with van der Waals surface area (Å²) in [4.78, 5) is 25.4. The van der Waals surface area contributed by atoms with Crippen molar-refractivity contribution in [1.82, 2.24) is 4.90 Å². The molecule has 0 aliphatic carbocycles. The van der Waals surface area contributed by atoms with Crippen LogP contribution in [0, 0.1) is 0 Å². The summed E-state index contributed by atoms with van der Waals surface area (Å²) in [6, 6.07) is 15.4. The van der Waals surface area contributed by atoms with E-state index in [0.717, 1.165) is 22.6 Å². The number of thioether (sulfide) groups is 1. The van der Waals surface area contributed by atoms with Crippen LogP contribution in [0.4, 0.5) is 5.69 Å². The Morgan fingerprint density at radius 2 is 1.96 bits per heavy atom. The van der Waals surface area contributed by atoms with E-state index in [1.165, 1.54) is 6.92 Å². The average Bonchev–Trinajstić information content (AvgIpc) is 2.96. The van der Waals surface area contributed by atoms with Crippen LogP contribution in [0.1, 0.15) is 23.4 Å². The Labute approximate surface area is 151 Å². The molecule has 0 spiro atoms. The molecule has 6 heteroatoms. The second-order valence-corrected chi connectivity index (χ2v) is 6.87. The van der Waals surface area contributed by atoms with Gasteiger partial charge in [-0.15, -0.1) is 11.8 Å². The summed E-state index contributed by atoms with van der Waals surface area (Å²) < 4.78 is 5.40. The molecule has 1 aliphatic rings. The van der Waals surface area contributed by atoms with Crippen LogP contribution in [0.25, 0.3) is 0 Å². The van der Waals surface area contributed by atoms with Crippen molar-refractivity contribution < 1.29 is 14.3 Å². The first-order valence-electron chi connectivity index (χ1n) is 7.99. The van der Waals surface area contributed by atoms with Gasteiger partial charge in [0.05, 0.1) is 19.4 Å². The van der Waals surface area contributed by atoms with Gasteiger partial charge in [-0.2, -0.15) is 0 Å². The van der Waals surface area contributed by atoms with Gasteiger partial charge < -0.3 is 15.0 Å². The van der Waals surface area contributed by atoms with E-state index in [1.54, 1.807) is 18.9 Å². The van der Waals surface area contributed by atoms with Crippen LogP contribution in [0.2, 0.25) is 0 Å². The van der Waals surface area contributed by atoms with E-state index in [1.807, 2.05) is 53.4 Å². The SMILES string of the molecule is COc1ccccc1CN1C(=O)CSC1c1ccc(NC(C)=O)cc1. The zero-order valence-corrected chi connectivity index (χ0v) is 15.0. The number of para-hydroxylation sites is 1. The van der Waals surface area contributed by atoms with Gasteiger partial charge in [-0.3, -0.25) is 9.59 Å². The molecule has 25 heavy (non-hydrogen) atoms. The lowest BCUT2D eigenvalue weighted by atomic mass is 10.1. The molecule has 0 aromatic heterocycles. The maximum Gasteiger partial charge on any atom is 0.234 e. The van der Waals surface area contributed by atoms with E-state index in [0.29, 0.717) is 12.3 Å². The third-order valence-corrected chi connectivity index (χ3v) is 5.27. The monoisotopic (exact) mass is 356 g/mol. The van der Waals surface area contributed by atoms with Crippen LogP contribution in [-0.2, 0) is 16.1 Å². The Hall–Kier alpha value is -2.47. The number of nitrogens with zero attached hydrogens (tertiary/aromatic N) is 1. The number of hydrogen-bond donors (Lipinski definition) is 1. The van der Waals surface area contributed by atoms with Crippen molar-refractivity contribution in [3.05, 3.63) is 59.7 Å². The Kier molecular flexibility index (Phi) is 5.28. The highest BCUT2D eigenvalue weighted by molar-refractivity contribution is 8.00. The molecule has 1 N–H and O–H groups in total. The lowest BCUT2D eigenvalue weighted by molar-refractivity contribution is -0.128. The molecule has 1 unspecified atom stereocenters. The first kappa shape index (κ1) is 17.4. The van der Waals surface area contributed by atoms with Crippen LogP contribution < -0.4 is 10.1 Å². The minimum absolute atomic E-state index is 0.0382. The molecule has 0 radical (unpaired) electrons. The molecule has 1 saturated heterocycles. The molecule has 1 heterocycles. The van der Waals surface area contributed by atoms with Gasteiger partial charge in [0.15, 0.2) is 0 Å². The quantitative estimate of drug-likeness (QED) is 0.892. The second kappa shape index (κ2) is 7.61. The van der Waals surface area contributed by atoms with Gasteiger partial charge in [-0.05, 0) is 23.8 Å². The van der Waals surface area contributed by atoms with E-state index in [-0.39, 0.29) is 17.2 Å².